The van der Waals surface area contributed by atoms with Crippen molar-refractivity contribution in [1.82, 2.24) is 10.3 Å². The van der Waals surface area contributed by atoms with Gasteiger partial charge in [-0.15, -0.1) is 0 Å². The standard InChI is InChI=1S/C21H21N3O2/c1-26-19-12-7-11-17(14-19)24-21(25)20(16-8-3-2-4-9-16)23-15-18-10-5-6-13-22-18/h2-14,20,23H,15H2,1H3,(H,24,25)/t20-/m0/s1. The van der Waals surface area contributed by atoms with E-state index in [1.165, 1.54) is 0 Å². The number of hydrogen-bond donors (Lipinski definition) is 2. The molecule has 1 heterocycles. The Balaban J connectivity index is 1.76. The molecule has 3 aromatic rings. The molecule has 0 fully saturated rings. The van der Waals surface area contributed by atoms with Crippen LogP contribution in [0.3, 0.4) is 0 Å². The average molecular weight is 347 g/mol. The summed E-state index contributed by atoms with van der Waals surface area (Å²) in [7, 11) is 1.60. The number of amides is 1. The number of methoxy groups -OCH3 is 1. The Bertz CT molecular complexity index is 838. The number of hydrogen-bond acceptors (Lipinski definition) is 4. The molecule has 0 spiro atoms. The summed E-state index contributed by atoms with van der Waals surface area (Å²) >= 11 is 0. The topological polar surface area (TPSA) is 63.2 Å². The van der Waals surface area contributed by atoms with Crippen molar-refractivity contribution in [2.24, 2.45) is 0 Å². The molecule has 5 heteroatoms. The fraction of sp³-hybridized carbons (Fsp3) is 0.143. The first-order valence-electron chi connectivity index (χ1n) is 8.39. The molecule has 0 aliphatic rings. The predicted molar refractivity (Wildman–Crippen MR) is 102 cm³/mol. The van der Waals surface area contributed by atoms with Gasteiger partial charge in [0.25, 0.3) is 0 Å². The lowest BCUT2D eigenvalue weighted by atomic mass is 10.1. The maximum atomic E-state index is 12.9. The van der Waals surface area contributed by atoms with Crippen LogP contribution in [0.2, 0.25) is 0 Å². The summed E-state index contributed by atoms with van der Waals surface area (Å²) in [5.41, 5.74) is 2.46. The van der Waals surface area contributed by atoms with E-state index in [-0.39, 0.29) is 5.91 Å². The summed E-state index contributed by atoms with van der Waals surface area (Å²) in [6.45, 7) is 0.492. The zero-order valence-corrected chi connectivity index (χ0v) is 14.6. The molecule has 1 aromatic heterocycles. The van der Waals surface area contributed by atoms with Crippen LogP contribution in [0.1, 0.15) is 17.3 Å². The van der Waals surface area contributed by atoms with Crippen molar-refractivity contribution in [1.29, 1.82) is 0 Å². The van der Waals surface area contributed by atoms with Crippen LogP contribution in [0.25, 0.3) is 0 Å². The van der Waals surface area contributed by atoms with Gasteiger partial charge in [0.1, 0.15) is 11.8 Å². The average Bonchev–Trinajstić information content (AvgIpc) is 2.70. The largest absolute Gasteiger partial charge is 0.497 e. The van der Waals surface area contributed by atoms with E-state index in [2.05, 4.69) is 15.6 Å². The number of rotatable bonds is 7. The van der Waals surface area contributed by atoms with Gasteiger partial charge in [-0.3, -0.25) is 15.1 Å². The second-order valence-corrected chi connectivity index (χ2v) is 5.77. The molecular formula is C21H21N3O2. The van der Waals surface area contributed by atoms with Crippen molar-refractivity contribution in [3.05, 3.63) is 90.3 Å². The van der Waals surface area contributed by atoms with Crippen molar-refractivity contribution >= 4 is 11.6 Å². The minimum atomic E-state index is -0.496. The van der Waals surface area contributed by atoms with Crippen molar-refractivity contribution in [3.63, 3.8) is 0 Å². The minimum absolute atomic E-state index is 0.139. The molecular weight excluding hydrogens is 326 g/mol. The number of aromatic nitrogens is 1. The summed E-state index contributed by atoms with van der Waals surface area (Å²) in [6, 6.07) is 22.2. The van der Waals surface area contributed by atoms with Crippen LogP contribution >= 0.6 is 0 Å². The van der Waals surface area contributed by atoms with Crippen LogP contribution in [0.5, 0.6) is 5.75 Å². The van der Waals surface area contributed by atoms with Gasteiger partial charge in [0, 0.05) is 24.5 Å². The predicted octanol–water partition coefficient (Wildman–Crippen LogP) is 3.56. The Morgan fingerprint density at radius 3 is 2.58 bits per heavy atom. The Hall–Kier alpha value is -3.18. The highest BCUT2D eigenvalue weighted by Gasteiger charge is 2.20. The molecule has 0 aliphatic carbocycles. The first-order chi connectivity index (χ1) is 12.8. The number of nitrogens with one attached hydrogen (secondary N) is 2. The van der Waals surface area contributed by atoms with E-state index < -0.39 is 6.04 Å². The third-order valence-corrected chi connectivity index (χ3v) is 3.95. The number of nitrogens with zero attached hydrogens (tertiary/aromatic N) is 1. The molecule has 0 unspecified atom stereocenters. The molecule has 26 heavy (non-hydrogen) atoms. The lowest BCUT2D eigenvalue weighted by molar-refractivity contribution is -0.118. The Kier molecular flexibility index (Phi) is 5.96. The van der Waals surface area contributed by atoms with Crippen LogP contribution in [0.15, 0.2) is 79.0 Å². The molecule has 5 nitrogen and oxygen atoms in total. The maximum absolute atomic E-state index is 12.9. The maximum Gasteiger partial charge on any atom is 0.246 e. The molecule has 0 saturated heterocycles. The van der Waals surface area contributed by atoms with Gasteiger partial charge in [-0.1, -0.05) is 42.5 Å². The minimum Gasteiger partial charge on any atom is -0.497 e. The highest BCUT2D eigenvalue weighted by molar-refractivity contribution is 5.95. The summed E-state index contributed by atoms with van der Waals surface area (Å²) in [5.74, 6) is 0.556. The fourth-order valence-corrected chi connectivity index (χ4v) is 2.63. The highest BCUT2D eigenvalue weighted by Crippen LogP contribution is 2.20. The van der Waals surface area contributed by atoms with E-state index in [1.807, 2.05) is 66.7 Å². The van der Waals surface area contributed by atoms with E-state index in [4.69, 9.17) is 4.74 Å². The normalized spacial score (nSPS) is 11.6. The zero-order valence-electron chi connectivity index (χ0n) is 14.6. The van der Waals surface area contributed by atoms with Crippen LogP contribution in [0.4, 0.5) is 5.69 Å². The van der Waals surface area contributed by atoms with E-state index in [0.29, 0.717) is 18.0 Å². The van der Waals surface area contributed by atoms with Gasteiger partial charge in [0.2, 0.25) is 5.91 Å². The summed E-state index contributed by atoms with van der Waals surface area (Å²) in [6.07, 6.45) is 1.74. The third kappa shape index (κ3) is 4.68. The van der Waals surface area contributed by atoms with Crippen LogP contribution in [0, 0.1) is 0 Å². The van der Waals surface area contributed by atoms with Crippen molar-refractivity contribution in [2.45, 2.75) is 12.6 Å². The Labute approximate surface area is 153 Å². The first-order valence-corrected chi connectivity index (χ1v) is 8.39. The molecule has 132 valence electrons. The van der Waals surface area contributed by atoms with Gasteiger partial charge in [0.15, 0.2) is 0 Å². The molecule has 1 atom stereocenters. The van der Waals surface area contributed by atoms with Gasteiger partial charge in [0.05, 0.1) is 12.8 Å². The quantitative estimate of drug-likeness (QED) is 0.686. The second-order valence-electron chi connectivity index (χ2n) is 5.77. The second kappa shape index (κ2) is 8.78. The number of carbonyl (C=O) groups excluding carboxylic acids is 1. The number of carbonyl (C=O) groups is 1. The number of ether oxygens (including phenoxy) is 1. The van der Waals surface area contributed by atoms with Crippen molar-refractivity contribution < 1.29 is 9.53 Å². The van der Waals surface area contributed by atoms with E-state index in [9.17, 15) is 4.79 Å². The summed E-state index contributed by atoms with van der Waals surface area (Å²) < 4.78 is 5.21. The molecule has 1 amide bonds. The van der Waals surface area contributed by atoms with Gasteiger partial charge < -0.3 is 10.1 Å². The van der Waals surface area contributed by atoms with Crippen molar-refractivity contribution in [3.8, 4) is 5.75 Å². The summed E-state index contributed by atoms with van der Waals surface area (Å²) in [4.78, 5) is 17.2. The smallest absolute Gasteiger partial charge is 0.246 e. The number of anilines is 1. The molecule has 0 aliphatic heterocycles. The third-order valence-electron chi connectivity index (χ3n) is 3.95. The van der Waals surface area contributed by atoms with Gasteiger partial charge in [-0.25, -0.2) is 0 Å². The molecule has 0 radical (unpaired) electrons. The molecule has 0 saturated carbocycles. The molecule has 2 N–H and O–H groups in total. The van der Waals surface area contributed by atoms with Gasteiger partial charge in [-0.05, 0) is 29.8 Å². The lowest BCUT2D eigenvalue weighted by Gasteiger charge is -2.19. The highest BCUT2D eigenvalue weighted by atomic mass is 16.5. The lowest BCUT2D eigenvalue weighted by Crippen LogP contribution is -2.33. The Morgan fingerprint density at radius 2 is 1.85 bits per heavy atom. The SMILES string of the molecule is COc1cccc(NC(=O)[C@@H](NCc2ccccn2)c2ccccc2)c1. The van der Waals surface area contributed by atoms with Gasteiger partial charge >= 0.3 is 0 Å². The first kappa shape index (κ1) is 17.6. The van der Waals surface area contributed by atoms with Crippen molar-refractivity contribution in [2.75, 3.05) is 12.4 Å². The number of pyridine rings is 1. The van der Waals surface area contributed by atoms with E-state index in [1.54, 1.807) is 19.4 Å². The fourth-order valence-electron chi connectivity index (χ4n) is 2.63. The van der Waals surface area contributed by atoms with Gasteiger partial charge in [-0.2, -0.15) is 0 Å². The summed E-state index contributed by atoms with van der Waals surface area (Å²) in [5, 5.41) is 6.24. The molecule has 3 rings (SSSR count). The van der Waals surface area contributed by atoms with Crippen LogP contribution < -0.4 is 15.4 Å². The zero-order chi connectivity index (χ0) is 18.2. The van der Waals surface area contributed by atoms with Crippen LogP contribution in [-0.2, 0) is 11.3 Å². The monoisotopic (exact) mass is 347 g/mol. The molecule has 2 aromatic carbocycles. The van der Waals surface area contributed by atoms with E-state index in [0.717, 1.165) is 11.3 Å². The Morgan fingerprint density at radius 1 is 1.04 bits per heavy atom. The number of benzene rings is 2. The van der Waals surface area contributed by atoms with Crippen LogP contribution in [-0.4, -0.2) is 18.0 Å². The van der Waals surface area contributed by atoms with E-state index >= 15 is 0 Å². The molecule has 0 bridgehead atoms.